The van der Waals surface area contributed by atoms with Gasteiger partial charge in [-0.05, 0) is 24.6 Å². The van der Waals surface area contributed by atoms with Crippen LogP contribution < -0.4 is 5.73 Å². The van der Waals surface area contributed by atoms with Crippen LogP contribution in [0.15, 0.2) is 23.8 Å². The van der Waals surface area contributed by atoms with Crippen LogP contribution in [0.2, 0.25) is 0 Å². The summed E-state index contributed by atoms with van der Waals surface area (Å²) in [6, 6.07) is 5.49. The molecular formula is C12H13NO. The Labute approximate surface area is 83.4 Å². The van der Waals surface area contributed by atoms with Crippen molar-refractivity contribution in [3.05, 3.63) is 34.9 Å². The standard InChI is InChI=1S/C12H13NO/c1-7-5-9-3-4-10(13)6-11(9)12(14)8(7)2/h3-6,8H,13H2,1-2H3. The van der Waals surface area contributed by atoms with E-state index in [2.05, 4.69) is 6.08 Å². The fraction of sp³-hybridized carbons (Fsp3) is 0.250. The van der Waals surface area contributed by atoms with Crippen molar-refractivity contribution in [1.29, 1.82) is 0 Å². The Morgan fingerprint density at radius 3 is 2.79 bits per heavy atom. The first kappa shape index (κ1) is 9.00. The number of hydrogen-bond acceptors (Lipinski definition) is 2. The molecule has 2 heteroatoms. The molecule has 0 saturated heterocycles. The topological polar surface area (TPSA) is 43.1 Å². The average Bonchev–Trinajstić information content (AvgIpc) is 2.16. The van der Waals surface area contributed by atoms with E-state index < -0.39 is 0 Å². The van der Waals surface area contributed by atoms with E-state index in [0.717, 1.165) is 16.7 Å². The van der Waals surface area contributed by atoms with Gasteiger partial charge in [0, 0.05) is 17.2 Å². The van der Waals surface area contributed by atoms with Gasteiger partial charge in [0.15, 0.2) is 5.78 Å². The van der Waals surface area contributed by atoms with Gasteiger partial charge < -0.3 is 5.73 Å². The zero-order chi connectivity index (χ0) is 10.3. The van der Waals surface area contributed by atoms with Crippen LogP contribution in [0.5, 0.6) is 0 Å². The molecular weight excluding hydrogens is 174 g/mol. The zero-order valence-electron chi connectivity index (χ0n) is 8.37. The highest BCUT2D eigenvalue weighted by Crippen LogP contribution is 2.29. The van der Waals surface area contributed by atoms with E-state index in [1.807, 2.05) is 26.0 Å². The van der Waals surface area contributed by atoms with Crippen LogP contribution in [0, 0.1) is 5.92 Å². The van der Waals surface area contributed by atoms with Crippen molar-refractivity contribution in [1.82, 2.24) is 0 Å². The SMILES string of the molecule is CC1=Cc2ccc(N)cc2C(=O)C1C. The summed E-state index contributed by atoms with van der Waals surface area (Å²) in [6.07, 6.45) is 2.06. The number of fused-ring (bicyclic) bond motifs is 1. The van der Waals surface area contributed by atoms with Gasteiger partial charge in [0.25, 0.3) is 0 Å². The maximum atomic E-state index is 11.9. The normalized spacial score (nSPS) is 20.3. The number of rotatable bonds is 0. The van der Waals surface area contributed by atoms with Gasteiger partial charge in [-0.3, -0.25) is 4.79 Å². The van der Waals surface area contributed by atoms with E-state index in [4.69, 9.17) is 5.73 Å². The highest BCUT2D eigenvalue weighted by molar-refractivity contribution is 6.05. The molecule has 1 aromatic rings. The van der Waals surface area contributed by atoms with Crippen LogP contribution >= 0.6 is 0 Å². The van der Waals surface area contributed by atoms with Gasteiger partial charge in [0.1, 0.15) is 0 Å². The summed E-state index contributed by atoms with van der Waals surface area (Å²) >= 11 is 0. The van der Waals surface area contributed by atoms with Crippen LogP contribution in [0.25, 0.3) is 6.08 Å². The molecule has 0 radical (unpaired) electrons. The van der Waals surface area contributed by atoms with E-state index in [-0.39, 0.29) is 11.7 Å². The van der Waals surface area contributed by atoms with Crippen LogP contribution in [-0.4, -0.2) is 5.78 Å². The first-order valence-corrected chi connectivity index (χ1v) is 4.71. The van der Waals surface area contributed by atoms with Crippen LogP contribution in [0.4, 0.5) is 5.69 Å². The molecule has 1 atom stereocenters. The summed E-state index contributed by atoms with van der Waals surface area (Å²) in [5.41, 5.74) is 9.16. The van der Waals surface area contributed by atoms with E-state index in [0.29, 0.717) is 5.69 Å². The van der Waals surface area contributed by atoms with E-state index in [1.54, 1.807) is 6.07 Å². The molecule has 2 N–H and O–H groups in total. The summed E-state index contributed by atoms with van der Waals surface area (Å²) in [4.78, 5) is 11.9. The van der Waals surface area contributed by atoms with Gasteiger partial charge in [-0.15, -0.1) is 0 Å². The Balaban J connectivity index is 2.64. The summed E-state index contributed by atoms with van der Waals surface area (Å²) in [5, 5.41) is 0. The lowest BCUT2D eigenvalue weighted by atomic mass is 9.84. The Morgan fingerprint density at radius 1 is 1.36 bits per heavy atom. The molecule has 1 unspecified atom stereocenters. The first-order valence-electron chi connectivity index (χ1n) is 4.71. The highest BCUT2D eigenvalue weighted by atomic mass is 16.1. The van der Waals surface area contributed by atoms with Gasteiger partial charge in [-0.1, -0.05) is 24.6 Å². The Bertz CT molecular complexity index is 432. The quantitative estimate of drug-likeness (QED) is 0.634. The lowest BCUT2D eigenvalue weighted by Crippen LogP contribution is -2.17. The van der Waals surface area contributed by atoms with Crippen molar-refractivity contribution >= 4 is 17.5 Å². The fourth-order valence-electron chi connectivity index (χ4n) is 1.72. The minimum absolute atomic E-state index is 0.00991. The molecule has 2 rings (SSSR count). The second kappa shape index (κ2) is 2.98. The Hall–Kier alpha value is -1.57. The second-order valence-electron chi connectivity index (χ2n) is 3.82. The molecule has 1 aromatic carbocycles. The minimum Gasteiger partial charge on any atom is -0.399 e. The van der Waals surface area contributed by atoms with Crippen molar-refractivity contribution in [3.63, 3.8) is 0 Å². The number of allylic oxidation sites excluding steroid dienone is 1. The molecule has 72 valence electrons. The highest BCUT2D eigenvalue weighted by Gasteiger charge is 2.23. The molecule has 0 bridgehead atoms. The predicted octanol–water partition coefficient (Wildman–Crippen LogP) is 2.50. The van der Waals surface area contributed by atoms with Gasteiger partial charge in [-0.2, -0.15) is 0 Å². The van der Waals surface area contributed by atoms with E-state index in [9.17, 15) is 4.79 Å². The third-order valence-electron chi connectivity index (χ3n) is 2.80. The largest absolute Gasteiger partial charge is 0.399 e. The second-order valence-corrected chi connectivity index (χ2v) is 3.82. The van der Waals surface area contributed by atoms with Crippen molar-refractivity contribution in [2.24, 2.45) is 5.92 Å². The zero-order valence-corrected chi connectivity index (χ0v) is 8.37. The smallest absolute Gasteiger partial charge is 0.170 e. The van der Waals surface area contributed by atoms with Crippen LogP contribution in [-0.2, 0) is 0 Å². The summed E-state index contributed by atoms with van der Waals surface area (Å²) in [5.74, 6) is 0.164. The van der Waals surface area contributed by atoms with Crippen molar-refractivity contribution < 1.29 is 4.79 Å². The van der Waals surface area contributed by atoms with Crippen molar-refractivity contribution in [3.8, 4) is 0 Å². The molecule has 1 aliphatic carbocycles. The number of nitrogens with two attached hydrogens (primary N) is 1. The maximum Gasteiger partial charge on any atom is 0.170 e. The summed E-state index contributed by atoms with van der Waals surface area (Å²) < 4.78 is 0. The minimum atomic E-state index is -0.00991. The van der Waals surface area contributed by atoms with Crippen molar-refractivity contribution in [2.75, 3.05) is 5.73 Å². The number of anilines is 1. The predicted molar refractivity (Wildman–Crippen MR) is 58.0 cm³/mol. The van der Waals surface area contributed by atoms with Gasteiger partial charge >= 0.3 is 0 Å². The molecule has 0 saturated carbocycles. The number of carbonyl (C=O) groups is 1. The number of benzene rings is 1. The average molecular weight is 187 g/mol. The van der Waals surface area contributed by atoms with Crippen LogP contribution in [0.3, 0.4) is 0 Å². The number of carbonyl (C=O) groups excluding carboxylic acids is 1. The lowest BCUT2D eigenvalue weighted by molar-refractivity contribution is 0.0946. The molecule has 0 aliphatic heterocycles. The van der Waals surface area contributed by atoms with E-state index in [1.165, 1.54) is 0 Å². The van der Waals surface area contributed by atoms with Crippen molar-refractivity contribution in [2.45, 2.75) is 13.8 Å². The molecule has 0 heterocycles. The third-order valence-corrected chi connectivity index (χ3v) is 2.80. The Morgan fingerprint density at radius 2 is 2.07 bits per heavy atom. The van der Waals surface area contributed by atoms with Crippen LogP contribution in [0.1, 0.15) is 29.8 Å². The van der Waals surface area contributed by atoms with Gasteiger partial charge in [0.05, 0.1) is 0 Å². The monoisotopic (exact) mass is 187 g/mol. The fourth-order valence-corrected chi connectivity index (χ4v) is 1.72. The first-order chi connectivity index (χ1) is 6.59. The molecule has 0 spiro atoms. The molecule has 2 nitrogen and oxygen atoms in total. The lowest BCUT2D eigenvalue weighted by Gasteiger charge is -2.19. The maximum absolute atomic E-state index is 11.9. The van der Waals surface area contributed by atoms with Gasteiger partial charge in [-0.25, -0.2) is 0 Å². The Kier molecular flexibility index (Phi) is 1.92. The molecule has 0 amide bonds. The van der Waals surface area contributed by atoms with E-state index >= 15 is 0 Å². The van der Waals surface area contributed by atoms with Gasteiger partial charge in [0.2, 0.25) is 0 Å². The molecule has 1 aliphatic rings. The molecule has 0 aromatic heterocycles. The number of ketones is 1. The number of Topliss-reactive ketones (excluding diaryl/α,β-unsaturated/α-hetero) is 1. The summed E-state index contributed by atoms with van der Waals surface area (Å²) in [7, 11) is 0. The number of nitrogen functional groups attached to an aromatic ring is 1. The number of hydrogen-bond donors (Lipinski definition) is 1. The summed E-state index contributed by atoms with van der Waals surface area (Å²) in [6.45, 7) is 3.92. The molecule has 14 heavy (non-hydrogen) atoms. The molecule has 0 fully saturated rings. The third kappa shape index (κ3) is 1.23.